The fraction of sp³-hybridized carbons (Fsp3) is 0.167. The van der Waals surface area contributed by atoms with Crippen LogP contribution in [0.2, 0.25) is 0 Å². The molecule has 0 radical (unpaired) electrons. The Morgan fingerprint density at radius 2 is 1.35 bits per heavy atom. The number of aromatic nitrogens is 3. The summed E-state index contributed by atoms with van der Waals surface area (Å²) in [4.78, 5) is 10.2. The van der Waals surface area contributed by atoms with Crippen molar-refractivity contribution in [2.45, 2.75) is 52.4 Å². The highest BCUT2D eigenvalue weighted by Gasteiger charge is 2.42. The van der Waals surface area contributed by atoms with E-state index in [1.807, 2.05) is 43.5 Å². The van der Waals surface area contributed by atoms with E-state index in [-0.39, 0.29) is 10.8 Å². The van der Waals surface area contributed by atoms with Crippen LogP contribution in [0.3, 0.4) is 0 Å². The molecular formula is C48H43N3. The average Bonchev–Trinajstić information content (AvgIpc) is 3.66. The number of fused-ring (bicyclic) bond motifs is 9. The van der Waals surface area contributed by atoms with E-state index in [4.69, 9.17) is 9.97 Å². The number of hydrogen-bond acceptors (Lipinski definition) is 2. The molecule has 3 heteroatoms. The lowest BCUT2D eigenvalue weighted by Crippen LogP contribution is -2.17. The first kappa shape index (κ1) is 32.4. The van der Waals surface area contributed by atoms with Gasteiger partial charge in [-0.25, -0.2) is 9.97 Å². The van der Waals surface area contributed by atoms with Gasteiger partial charge in [0.1, 0.15) is 0 Å². The maximum atomic E-state index is 5.24. The van der Waals surface area contributed by atoms with Crippen LogP contribution >= 0.6 is 0 Å². The fourth-order valence-electron chi connectivity index (χ4n) is 8.48. The summed E-state index contributed by atoms with van der Waals surface area (Å²) < 4.78 is 2.36. The van der Waals surface area contributed by atoms with E-state index < -0.39 is 0 Å². The molecular weight excluding hydrogens is 619 g/mol. The van der Waals surface area contributed by atoms with Crippen LogP contribution in [0, 0.1) is 0 Å². The Balaban J connectivity index is 1.42. The van der Waals surface area contributed by atoms with Crippen molar-refractivity contribution in [1.82, 2.24) is 14.5 Å². The quantitative estimate of drug-likeness (QED) is 0.159. The van der Waals surface area contributed by atoms with Gasteiger partial charge in [0.2, 0.25) is 0 Å². The summed E-state index contributed by atoms with van der Waals surface area (Å²) in [6.45, 7) is 21.4. The van der Waals surface area contributed by atoms with E-state index in [0.29, 0.717) is 5.82 Å². The van der Waals surface area contributed by atoms with Gasteiger partial charge in [0.25, 0.3) is 0 Å². The minimum Gasteiger partial charge on any atom is -0.306 e. The van der Waals surface area contributed by atoms with Crippen molar-refractivity contribution in [3.63, 3.8) is 0 Å². The third-order valence-corrected chi connectivity index (χ3v) is 11.0. The van der Waals surface area contributed by atoms with Crippen LogP contribution in [0.15, 0.2) is 141 Å². The molecule has 2 aromatic heterocycles. The third kappa shape index (κ3) is 4.79. The number of allylic oxidation sites excluding steroid dienone is 10. The Morgan fingerprint density at radius 3 is 2.10 bits per heavy atom. The molecule has 0 amide bonds. The first-order chi connectivity index (χ1) is 24.6. The molecule has 0 N–H and O–H groups in total. The highest BCUT2D eigenvalue weighted by molar-refractivity contribution is 6.12. The third-order valence-electron chi connectivity index (χ3n) is 11.0. The minimum atomic E-state index is -0.161. The van der Waals surface area contributed by atoms with Crippen molar-refractivity contribution in [2.24, 2.45) is 0 Å². The molecule has 0 saturated carbocycles. The van der Waals surface area contributed by atoms with Gasteiger partial charge >= 0.3 is 0 Å². The second-order valence-electron chi connectivity index (χ2n) is 14.8. The van der Waals surface area contributed by atoms with E-state index in [1.54, 1.807) is 12.2 Å². The molecule has 0 fully saturated rings. The standard InChI is InChI=1S/C48H43N3/c1-9-12-13-20-30(4)45-44(29-49-46(50-45)31(18-10-2)19-11-3)51-42-24-17-15-22-33(42)37-27-41-36(28-43(37)51)35-26-39-34(25-40(35)48(41,7)8)32-21-14-16-23-38(32)47(39,5)6/h9-29H,1-2H2,3-8H3/b13-12-,19-11-,30-20+,31-18+. The highest BCUT2D eigenvalue weighted by Crippen LogP contribution is 2.57. The highest BCUT2D eigenvalue weighted by atomic mass is 15.0. The Kier molecular flexibility index (Phi) is 7.57. The van der Waals surface area contributed by atoms with Crippen LogP contribution in [0.1, 0.15) is 75.3 Å². The molecule has 250 valence electrons. The van der Waals surface area contributed by atoms with Crippen LogP contribution in [0.4, 0.5) is 0 Å². The number of para-hydroxylation sites is 1. The molecule has 2 aliphatic rings. The largest absolute Gasteiger partial charge is 0.306 e. The van der Waals surface area contributed by atoms with Crippen LogP contribution in [-0.4, -0.2) is 14.5 Å². The van der Waals surface area contributed by atoms with Gasteiger partial charge in [-0.05, 0) is 94.3 Å². The molecule has 0 spiro atoms. The minimum absolute atomic E-state index is 0.0728. The number of benzene rings is 4. The summed E-state index contributed by atoms with van der Waals surface area (Å²) in [5.74, 6) is 0.655. The Morgan fingerprint density at radius 1 is 0.686 bits per heavy atom. The number of nitrogens with zero attached hydrogens (tertiary/aromatic N) is 3. The predicted molar refractivity (Wildman–Crippen MR) is 217 cm³/mol. The molecule has 6 aromatic rings. The van der Waals surface area contributed by atoms with Gasteiger partial charge in [-0.15, -0.1) is 0 Å². The van der Waals surface area contributed by atoms with E-state index in [0.717, 1.165) is 33.6 Å². The Labute approximate surface area is 301 Å². The fourth-order valence-corrected chi connectivity index (χ4v) is 8.48. The summed E-state index contributed by atoms with van der Waals surface area (Å²) >= 11 is 0. The Bertz CT molecular complexity index is 2580. The number of rotatable bonds is 7. The van der Waals surface area contributed by atoms with Gasteiger partial charge in [-0.3, -0.25) is 0 Å². The van der Waals surface area contributed by atoms with Gasteiger partial charge in [-0.2, -0.15) is 0 Å². The lowest BCUT2D eigenvalue weighted by Gasteiger charge is -2.24. The maximum Gasteiger partial charge on any atom is 0.159 e. The van der Waals surface area contributed by atoms with E-state index in [1.165, 1.54) is 55.3 Å². The van der Waals surface area contributed by atoms with E-state index >= 15 is 0 Å². The molecule has 0 atom stereocenters. The zero-order valence-electron chi connectivity index (χ0n) is 30.4. The Hall–Kier alpha value is -5.80. The summed E-state index contributed by atoms with van der Waals surface area (Å²) in [5.41, 5.74) is 16.7. The van der Waals surface area contributed by atoms with Crippen molar-refractivity contribution in [1.29, 1.82) is 0 Å². The molecule has 0 bridgehead atoms. The normalized spacial score (nSPS) is 15.8. The summed E-state index contributed by atoms with van der Waals surface area (Å²) in [5, 5.41) is 2.44. The van der Waals surface area contributed by atoms with Gasteiger partial charge in [-0.1, -0.05) is 132 Å². The smallest absolute Gasteiger partial charge is 0.159 e. The monoisotopic (exact) mass is 661 g/mol. The molecule has 2 aliphatic carbocycles. The topological polar surface area (TPSA) is 30.7 Å². The van der Waals surface area contributed by atoms with E-state index in [2.05, 4.69) is 131 Å². The maximum absolute atomic E-state index is 5.24. The summed E-state index contributed by atoms with van der Waals surface area (Å²) in [7, 11) is 0. The second-order valence-corrected chi connectivity index (χ2v) is 14.8. The lowest BCUT2D eigenvalue weighted by atomic mass is 9.79. The molecule has 0 unspecified atom stereocenters. The van der Waals surface area contributed by atoms with Crippen molar-refractivity contribution in [2.75, 3.05) is 0 Å². The molecule has 51 heavy (non-hydrogen) atoms. The van der Waals surface area contributed by atoms with Crippen LogP contribution in [-0.2, 0) is 10.8 Å². The molecule has 8 rings (SSSR count). The average molecular weight is 662 g/mol. The van der Waals surface area contributed by atoms with Gasteiger partial charge in [0.15, 0.2) is 5.82 Å². The van der Waals surface area contributed by atoms with Crippen LogP contribution in [0.5, 0.6) is 0 Å². The van der Waals surface area contributed by atoms with Crippen molar-refractivity contribution in [3.8, 4) is 27.9 Å². The van der Waals surface area contributed by atoms with Crippen molar-refractivity contribution in [3.05, 3.63) is 175 Å². The lowest BCUT2D eigenvalue weighted by molar-refractivity contribution is 0.652. The van der Waals surface area contributed by atoms with Gasteiger partial charge in [0, 0.05) is 27.2 Å². The summed E-state index contributed by atoms with van der Waals surface area (Å²) in [6, 6.07) is 27.5. The van der Waals surface area contributed by atoms with Gasteiger partial charge < -0.3 is 4.57 Å². The van der Waals surface area contributed by atoms with Crippen molar-refractivity contribution < 1.29 is 0 Å². The van der Waals surface area contributed by atoms with Gasteiger partial charge in [0.05, 0.1) is 28.6 Å². The molecule has 3 nitrogen and oxygen atoms in total. The molecule has 4 aromatic carbocycles. The predicted octanol–water partition coefficient (Wildman–Crippen LogP) is 12.5. The van der Waals surface area contributed by atoms with Crippen LogP contribution < -0.4 is 0 Å². The zero-order chi connectivity index (χ0) is 35.7. The van der Waals surface area contributed by atoms with Crippen LogP contribution in [0.25, 0.3) is 60.9 Å². The van der Waals surface area contributed by atoms with E-state index in [9.17, 15) is 0 Å². The van der Waals surface area contributed by atoms with Crippen molar-refractivity contribution >= 4 is 33.0 Å². The first-order valence-electron chi connectivity index (χ1n) is 17.8. The second kappa shape index (κ2) is 11.9. The first-order valence-corrected chi connectivity index (χ1v) is 17.8. The SMILES string of the molecule is C=C/C=C\C=C(/C)c1nc(C(/C=C\C)=C/C=C)ncc1-n1c2ccccc2c2cc3c(cc21)-c1cc2c(cc1C3(C)C)-c1ccccc1C2(C)C. The summed E-state index contributed by atoms with van der Waals surface area (Å²) in [6.07, 6.45) is 17.6. The molecule has 0 aliphatic heterocycles. The number of hydrogen-bond donors (Lipinski definition) is 0. The molecule has 0 saturated heterocycles. The zero-order valence-corrected chi connectivity index (χ0v) is 30.4. The molecule has 2 heterocycles.